The summed E-state index contributed by atoms with van der Waals surface area (Å²) in [5, 5.41) is 18.1. The standard InChI is InChI=1S/C9H13NO4/c1-5(2)8(12)10-4-6(11)3-7(10)9(13)14/h6-7,11H,3-4H2,1-2H3/p+1. The number of carboxylic acid groups (broad SMARTS) is 1. The molecule has 0 aromatic carbocycles. The monoisotopic (exact) mass is 200 g/mol. The number of rotatable bonds is 2. The van der Waals surface area contributed by atoms with E-state index in [4.69, 9.17) is 5.11 Å². The van der Waals surface area contributed by atoms with E-state index in [1.807, 2.05) is 0 Å². The first-order chi connectivity index (χ1) is 6.43. The van der Waals surface area contributed by atoms with Gasteiger partial charge in [0, 0.05) is 6.42 Å². The summed E-state index contributed by atoms with van der Waals surface area (Å²) >= 11 is 0. The van der Waals surface area contributed by atoms with Gasteiger partial charge in [-0.15, -0.1) is 0 Å². The van der Waals surface area contributed by atoms with Gasteiger partial charge in [-0.05, 0) is 0 Å². The van der Waals surface area contributed by atoms with E-state index in [0.29, 0.717) is 5.92 Å². The lowest BCUT2D eigenvalue weighted by Crippen LogP contribution is -2.42. The van der Waals surface area contributed by atoms with Crippen LogP contribution in [0.25, 0.3) is 0 Å². The third-order valence-corrected chi connectivity index (χ3v) is 2.25. The molecule has 0 spiro atoms. The van der Waals surface area contributed by atoms with Gasteiger partial charge in [0.25, 0.3) is 0 Å². The maximum atomic E-state index is 11.5. The molecule has 14 heavy (non-hydrogen) atoms. The van der Waals surface area contributed by atoms with Gasteiger partial charge >= 0.3 is 11.9 Å². The fraction of sp³-hybridized carbons (Fsp3) is 0.667. The number of amides is 1. The maximum Gasteiger partial charge on any atom is 0.407 e. The van der Waals surface area contributed by atoms with E-state index < -0.39 is 18.1 Å². The van der Waals surface area contributed by atoms with E-state index in [1.54, 1.807) is 13.8 Å². The molecular formula is C9H14NO4+. The molecule has 5 heteroatoms. The summed E-state index contributed by atoms with van der Waals surface area (Å²) in [6, 6.07) is -0.882. The number of nitrogens with zero attached hydrogens (tertiary/aromatic N) is 1. The van der Waals surface area contributed by atoms with Crippen molar-refractivity contribution in [1.29, 1.82) is 0 Å². The predicted octanol–water partition coefficient (Wildman–Crippen LogP) is -0.353. The van der Waals surface area contributed by atoms with Crippen molar-refractivity contribution in [1.82, 2.24) is 4.90 Å². The SMILES string of the molecule is C[C+](C)C(=O)N1CC(O)CC1C(=O)O. The molecule has 78 valence electrons. The molecule has 0 aromatic rings. The Labute approximate surface area is 82.3 Å². The van der Waals surface area contributed by atoms with Crippen LogP contribution in [0.3, 0.4) is 0 Å². The number of carbonyl (C=O) groups is 2. The van der Waals surface area contributed by atoms with Gasteiger partial charge in [-0.3, -0.25) is 4.90 Å². The van der Waals surface area contributed by atoms with Gasteiger partial charge in [-0.1, -0.05) is 0 Å². The van der Waals surface area contributed by atoms with Crippen molar-refractivity contribution in [2.24, 2.45) is 0 Å². The van der Waals surface area contributed by atoms with Crippen molar-refractivity contribution < 1.29 is 19.8 Å². The van der Waals surface area contributed by atoms with Crippen LogP contribution < -0.4 is 0 Å². The predicted molar refractivity (Wildman–Crippen MR) is 48.4 cm³/mol. The second kappa shape index (κ2) is 3.88. The lowest BCUT2D eigenvalue weighted by atomic mass is 10.1. The van der Waals surface area contributed by atoms with Crippen molar-refractivity contribution in [2.75, 3.05) is 6.54 Å². The van der Waals surface area contributed by atoms with Crippen LogP contribution in [0.15, 0.2) is 0 Å². The maximum absolute atomic E-state index is 11.5. The molecule has 5 nitrogen and oxygen atoms in total. The van der Waals surface area contributed by atoms with Gasteiger partial charge in [-0.25, -0.2) is 9.59 Å². The number of aliphatic carboxylic acids is 1. The molecule has 0 aliphatic carbocycles. The van der Waals surface area contributed by atoms with E-state index in [9.17, 15) is 14.7 Å². The summed E-state index contributed by atoms with van der Waals surface area (Å²) in [6.07, 6.45) is -0.603. The average molecular weight is 200 g/mol. The summed E-state index contributed by atoms with van der Waals surface area (Å²) in [6.45, 7) is 3.37. The summed E-state index contributed by atoms with van der Waals surface area (Å²) in [4.78, 5) is 23.5. The number of hydrogen-bond acceptors (Lipinski definition) is 3. The third-order valence-electron chi connectivity index (χ3n) is 2.25. The minimum atomic E-state index is -1.06. The van der Waals surface area contributed by atoms with Crippen molar-refractivity contribution >= 4 is 11.9 Å². The van der Waals surface area contributed by atoms with Crippen molar-refractivity contribution in [3.8, 4) is 0 Å². The first-order valence-corrected chi connectivity index (χ1v) is 4.45. The summed E-state index contributed by atoms with van der Waals surface area (Å²) < 4.78 is 0. The number of β-amino-alcohol motifs (C(OH)–C–C–N with tert-alkyl or cyclic N) is 1. The Morgan fingerprint density at radius 1 is 1.43 bits per heavy atom. The van der Waals surface area contributed by atoms with E-state index in [0.717, 1.165) is 0 Å². The first-order valence-electron chi connectivity index (χ1n) is 4.45. The first kappa shape index (κ1) is 10.8. The zero-order chi connectivity index (χ0) is 10.9. The number of aliphatic hydroxyl groups is 1. The Balaban J connectivity index is 2.76. The topological polar surface area (TPSA) is 77.8 Å². The van der Waals surface area contributed by atoms with Crippen LogP contribution >= 0.6 is 0 Å². The number of hydrogen-bond donors (Lipinski definition) is 2. The molecule has 1 amide bonds. The molecular weight excluding hydrogens is 186 g/mol. The van der Waals surface area contributed by atoms with Crippen LogP contribution in [0, 0.1) is 5.92 Å². The zero-order valence-corrected chi connectivity index (χ0v) is 8.23. The van der Waals surface area contributed by atoms with Gasteiger partial charge in [-0.2, -0.15) is 0 Å². The Morgan fingerprint density at radius 3 is 2.43 bits per heavy atom. The fourth-order valence-corrected chi connectivity index (χ4v) is 1.56. The van der Waals surface area contributed by atoms with Crippen LogP contribution in [0.1, 0.15) is 20.3 Å². The molecule has 0 bridgehead atoms. The minimum Gasteiger partial charge on any atom is -0.480 e. The van der Waals surface area contributed by atoms with Crippen molar-refractivity contribution in [2.45, 2.75) is 32.4 Å². The van der Waals surface area contributed by atoms with Crippen LogP contribution in [0.2, 0.25) is 0 Å². The van der Waals surface area contributed by atoms with Crippen LogP contribution in [-0.2, 0) is 9.59 Å². The minimum absolute atomic E-state index is 0.112. The van der Waals surface area contributed by atoms with Gasteiger partial charge in [0.2, 0.25) is 0 Å². The van der Waals surface area contributed by atoms with Crippen molar-refractivity contribution in [3.63, 3.8) is 0 Å². The van der Waals surface area contributed by atoms with Crippen LogP contribution in [0.4, 0.5) is 0 Å². The molecule has 2 N–H and O–H groups in total. The molecule has 1 fully saturated rings. The molecule has 1 saturated heterocycles. The molecule has 2 unspecified atom stereocenters. The van der Waals surface area contributed by atoms with E-state index in [-0.39, 0.29) is 18.9 Å². The lowest BCUT2D eigenvalue weighted by Gasteiger charge is -2.17. The second-order valence-electron chi connectivity index (χ2n) is 3.70. The fourth-order valence-electron chi connectivity index (χ4n) is 1.56. The van der Waals surface area contributed by atoms with Gasteiger partial charge < -0.3 is 10.2 Å². The largest absolute Gasteiger partial charge is 0.480 e. The molecule has 1 aliphatic rings. The lowest BCUT2D eigenvalue weighted by molar-refractivity contribution is -0.147. The molecule has 2 atom stereocenters. The van der Waals surface area contributed by atoms with Gasteiger partial charge in [0.1, 0.15) is 6.04 Å². The Bertz CT molecular complexity index is 251. The molecule has 1 aliphatic heterocycles. The zero-order valence-electron chi connectivity index (χ0n) is 8.23. The smallest absolute Gasteiger partial charge is 0.407 e. The highest BCUT2D eigenvalue weighted by atomic mass is 16.4. The number of carbonyl (C=O) groups excluding carboxylic acids is 1. The summed E-state index contributed by atoms with van der Waals surface area (Å²) in [5.41, 5.74) is 0. The highest BCUT2D eigenvalue weighted by Crippen LogP contribution is 2.20. The quantitative estimate of drug-likeness (QED) is 0.597. The number of likely N-dealkylation sites (tertiary alicyclic amines) is 1. The van der Waals surface area contributed by atoms with Gasteiger partial charge in [0.15, 0.2) is 5.92 Å². The summed E-state index contributed by atoms with van der Waals surface area (Å²) in [7, 11) is 0. The Kier molecular flexibility index (Phi) is 3.00. The van der Waals surface area contributed by atoms with E-state index in [1.165, 1.54) is 4.90 Å². The van der Waals surface area contributed by atoms with E-state index in [2.05, 4.69) is 0 Å². The third kappa shape index (κ3) is 1.98. The molecule has 0 radical (unpaired) electrons. The molecule has 1 heterocycles. The van der Waals surface area contributed by atoms with E-state index >= 15 is 0 Å². The summed E-state index contributed by atoms with van der Waals surface area (Å²) in [5.74, 6) is -0.824. The highest BCUT2D eigenvalue weighted by molar-refractivity contribution is 5.92. The molecule has 1 rings (SSSR count). The molecule has 0 saturated carbocycles. The van der Waals surface area contributed by atoms with Crippen LogP contribution in [0.5, 0.6) is 0 Å². The number of aliphatic hydroxyl groups excluding tert-OH is 1. The Hall–Kier alpha value is -1.23. The van der Waals surface area contributed by atoms with Crippen molar-refractivity contribution in [3.05, 3.63) is 5.92 Å². The molecule has 0 aromatic heterocycles. The van der Waals surface area contributed by atoms with Crippen LogP contribution in [-0.4, -0.2) is 45.7 Å². The Morgan fingerprint density at radius 2 is 2.00 bits per heavy atom. The second-order valence-corrected chi connectivity index (χ2v) is 3.70. The highest BCUT2D eigenvalue weighted by Gasteiger charge is 2.43. The average Bonchev–Trinajstić information content (AvgIpc) is 2.45. The van der Waals surface area contributed by atoms with Gasteiger partial charge in [0.05, 0.1) is 26.5 Å². The normalized spacial score (nSPS) is 26.4. The number of carboxylic acids is 1.